The van der Waals surface area contributed by atoms with Crippen molar-refractivity contribution in [3.8, 4) is 0 Å². The van der Waals surface area contributed by atoms with E-state index in [1.54, 1.807) is 6.42 Å². The zero-order chi connectivity index (χ0) is 7.73. The van der Waals surface area contributed by atoms with Crippen LogP contribution in [-0.4, -0.2) is 18.5 Å². The van der Waals surface area contributed by atoms with Crippen molar-refractivity contribution in [1.82, 2.24) is 0 Å². The summed E-state index contributed by atoms with van der Waals surface area (Å²) < 4.78 is 5.62. The fourth-order valence-corrected chi connectivity index (χ4v) is 1.83. The van der Waals surface area contributed by atoms with Gasteiger partial charge in [0.05, 0.1) is 5.60 Å². The van der Waals surface area contributed by atoms with Crippen molar-refractivity contribution < 1.29 is 9.53 Å². The highest BCUT2D eigenvalue weighted by Gasteiger charge is 2.47. The normalized spacial score (nSPS) is 33.6. The Balaban J connectivity index is 1.88. The van der Waals surface area contributed by atoms with Gasteiger partial charge >= 0.3 is 0 Å². The van der Waals surface area contributed by atoms with Crippen molar-refractivity contribution in [3.63, 3.8) is 0 Å². The lowest BCUT2D eigenvalue weighted by atomic mass is 9.92. The molecule has 11 heavy (non-hydrogen) atoms. The van der Waals surface area contributed by atoms with Gasteiger partial charge in [0.2, 0.25) is 0 Å². The molecule has 1 aliphatic carbocycles. The summed E-state index contributed by atoms with van der Waals surface area (Å²) in [6.45, 7) is 0.842. The van der Waals surface area contributed by atoms with Crippen molar-refractivity contribution in [2.45, 2.75) is 31.3 Å². The molecule has 0 N–H and O–H groups in total. The fourth-order valence-electron chi connectivity index (χ4n) is 1.83. The number of carbonyl (C=O) groups excluding carboxylic acids is 1. The number of ether oxygens (including phenoxy) is 1. The van der Waals surface area contributed by atoms with Gasteiger partial charge < -0.3 is 9.53 Å². The molecule has 1 unspecified atom stereocenters. The molecule has 1 saturated carbocycles. The molecule has 2 aliphatic rings. The maximum atomic E-state index is 10.2. The van der Waals surface area contributed by atoms with Crippen molar-refractivity contribution >= 4 is 6.29 Å². The summed E-state index contributed by atoms with van der Waals surface area (Å²) in [5.41, 5.74) is 0.211. The lowest BCUT2D eigenvalue weighted by Crippen LogP contribution is -2.27. The van der Waals surface area contributed by atoms with Crippen LogP contribution in [0.3, 0.4) is 0 Å². The van der Waals surface area contributed by atoms with E-state index in [0.29, 0.717) is 5.92 Å². The van der Waals surface area contributed by atoms with E-state index in [1.807, 2.05) is 0 Å². The predicted octanol–water partition coefficient (Wildman–Crippen LogP) is 1.35. The van der Waals surface area contributed by atoms with E-state index in [0.717, 1.165) is 25.7 Å². The molecule has 0 bridgehead atoms. The van der Waals surface area contributed by atoms with Crippen LogP contribution in [0.1, 0.15) is 25.7 Å². The first-order valence-electron chi connectivity index (χ1n) is 4.27. The summed E-state index contributed by atoms with van der Waals surface area (Å²) in [4.78, 5) is 10.2. The summed E-state index contributed by atoms with van der Waals surface area (Å²) in [6.07, 6.45) is 7.22. The minimum atomic E-state index is 0.211. The number of hydrogen-bond acceptors (Lipinski definition) is 2. The quantitative estimate of drug-likeness (QED) is 0.560. The summed E-state index contributed by atoms with van der Waals surface area (Å²) >= 11 is 0. The van der Waals surface area contributed by atoms with Gasteiger partial charge in [0.1, 0.15) is 6.29 Å². The molecular formula is C9H13O2. The Bertz CT molecular complexity index is 161. The highest BCUT2D eigenvalue weighted by molar-refractivity contribution is 5.61. The molecular weight excluding hydrogens is 140 g/mol. The molecule has 1 heterocycles. The second kappa shape index (κ2) is 2.59. The molecule has 0 amide bonds. The molecule has 2 heteroatoms. The Labute approximate surface area is 66.9 Å². The van der Waals surface area contributed by atoms with Crippen LogP contribution in [-0.2, 0) is 9.53 Å². The molecule has 1 aliphatic heterocycles. The largest absolute Gasteiger partial charge is 0.375 e. The molecule has 1 radical (unpaired) electrons. The van der Waals surface area contributed by atoms with Gasteiger partial charge in [-0.3, -0.25) is 0 Å². The molecule has 2 rings (SSSR count). The maximum Gasteiger partial charge on any atom is 0.124 e. The van der Waals surface area contributed by atoms with E-state index in [2.05, 4.69) is 0 Å². The van der Waals surface area contributed by atoms with Gasteiger partial charge in [0.25, 0.3) is 0 Å². The monoisotopic (exact) mass is 153 g/mol. The Morgan fingerprint density at radius 3 is 2.91 bits per heavy atom. The molecule has 0 aromatic heterocycles. The highest BCUT2D eigenvalue weighted by Crippen LogP contribution is 2.48. The molecule has 0 aromatic rings. The van der Waals surface area contributed by atoms with Gasteiger partial charge in [0, 0.05) is 13.0 Å². The third-order valence-electron chi connectivity index (χ3n) is 2.69. The SMILES string of the molecule is O=C[CH]C1CCOC2(CC2)C1. The van der Waals surface area contributed by atoms with Crippen molar-refractivity contribution in [3.05, 3.63) is 6.42 Å². The van der Waals surface area contributed by atoms with E-state index in [-0.39, 0.29) is 5.60 Å². The molecule has 0 aromatic carbocycles. The van der Waals surface area contributed by atoms with Crippen molar-refractivity contribution in [2.75, 3.05) is 6.61 Å². The van der Waals surface area contributed by atoms with Gasteiger partial charge in [-0.25, -0.2) is 0 Å². The molecule has 2 nitrogen and oxygen atoms in total. The third-order valence-corrected chi connectivity index (χ3v) is 2.69. The van der Waals surface area contributed by atoms with Crippen molar-refractivity contribution in [1.29, 1.82) is 0 Å². The topological polar surface area (TPSA) is 26.3 Å². The minimum Gasteiger partial charge on any atom is -0.375 e. The first-order valence-corrected chi connectivity index (χ1v) is 4.27. The number of carbonyl (C=O) groups is 1. The van der Waals surface area contributed by atoms with Crippen LogP contribution in [0.4, 0.5) is 0 Å². The van der Waals surface area contributed by atoms with Gasteiger partial charge in [0.15, 0.2) is 0 Å². The van der Waals surface area contributed by atoms with Crippen LogP contribution in [0.15, 0.2) is 0 Å². The standard InChI is InChI=1S/C9H13O2/c10-5-1-8-2-6-11-9(7-8)3-4-9/h1,5,8H,2-4,6-7H2. The minimum absolute atomic E-state index is 0.211. The van der Waals surface area contributed by atoms with Gasteiger partial charge in [-0.15, -0.1) is 0 Å². The summed E-state index contributed by atoms with van der Waals surface area (Å²) in [5.74, 6) is 0.490. The molecule has 2 fully saturated rings. The zero-order valence-corrected chi connectivity index (χ0v) is 6.58. The average molecular weight is 153 g/mol. The van der Waals surface area contributed by atoms with Gasteiger partial charge in [-0.05, 0) is 31.6 Å². The number of rotatable bonds is 2. The first-order chi connectivity index (χ1) is 5.35. The van der Waals surface area contributed by atoms with Crippen LogP contribution in [0.2, 0.25) is 0 Å². The van der Waals surface area contributed by atoms with Crippen LogP contribution in [0, 0.1) is 12.3 Å². The maximum absolute atomic E-state index is 10.2. The Hall–Kier alpha value is -0.370. The molecule has 1 saturated heterocycles. The summed E-state index contributed by atoms with van der Waals surface area (Å²) in [6, 6.07) is 0. The third kappa shape index (κ3) is 1.45. The lowest BCUT2D eigenvalue weighted by molar-refractivity contribution is -0.106. The lowest BCUT2D eigenvalue weighted by Gasteiger charge is -2.28. The summed E-state index contributed by atoms with van der Waals surface area (Å²) in [5, 5.41) is 0. The van der Waals surface area contributed by atoms with Gasteiger partial charge in [-0.2, -0.15) is 0 Å². The molecule has 61 valence electrons. The average Bonchev–Trinajstić information content (AvgIpc) is 2.70. The first kappa shape index (κ1) is 7.29. The zero-order valence-electron chi connectivity index (χ0n) is 6.58. The fraction of sp³-hybridized carbons (Fsp3) is 0.778. The van der Waals surface area contributed by atoms with Gasteiger partial charge in [-0.1, -0.05) is 0 Å². The second-order valence-electron chi connectivity index (χ2n) is 3.61. The van der Waals surface area contributed by atoms with Crippen LogP contribution < -0.4 is 0 Å². The predicted molar refractivity (Wildman–Crippen MR) is 41.0 cm³/mol. The Kier molecular flexibility index (Phi) is 1.72. The van der Waals surface area contributed by atoms with E-state index in [4.69, 9.17) is 4.74 Å². The molecule has 1 atom stereocenters. The Morgan fingerprint density at radius 1 is 1.45 bits per heavy atom. The summed E-state index contributed by atoms with van der Waals surface area (Å²) in [7, 11) is 0. The van der Waals surface area contributed by atoms with E-state index >= 15 is 0 Å². The highest BCUT2D eigenvalue weighted by atomic mass is 16.5. The number of aldehydes is 1. The second-order valence-corrected chi connectivity index (χ2v) is 3.61. The molecule has 1 spiro atoms. The van der Waals surface area contributed by atoms with Crippen LogP contribution >= 0.6 is 0 Å². The smallest absolute Gasteiger partial charge is 0.124 e. The van der Waals surface area contributed by atoms with Crippen molar-refractivity contribution in [2.24, 2.45) is 5.92 Å². The van der Waals surface area contributed by atoms with E-state index in [1.165, 1.54) is 12.8 Å². The van der Waals surface area contributed by atoms with E-state index < -0.39 is 0 Å². The van der Waals surface area contributed by atoms with Crippen LogP contribution in [0.5, 0.6) is 0 Å². The Morgan fingerprint density at radius 2 is 2.27 bits per heavy atom. The van der Waals surface area contributed by atoms with E-state index in [9.17, 15) is 4.79 Å². The van der Waals surface area contributed by atoms with Crippen LogP contribution in [0.25, 0.3) is 0 Å². The number of hydrogen-bond donors (Lipinski definition) is 0.